The minimum Gasteiger partial charge on any atom is -0.507 e. The molecular weight excluding hydrogens is 310 g/mol. The zero-order valence-corrected chi connectivity index (χ0v) is 13.9. The number of hydrogen-bond acceptors (Lipinski definition) is 2. The van der Waals surface area contributed by atoms with Gasteiger partial charge in [0.25, 0.3) is 5.56 Å². The number of aromatic hydroxyl groups is 1. The highest BCUT2D eigenvalue weighted by molar-refractivity contribution is 6.30. The van der Waals surface area contributed by atoms with E-state index in [0.29, 0.717) is 17.0 Å². The van der Waals surface area contributed by atoms with Gasteiger partial charge in [0.1, 0.15) is 5.75 Å². The Hall–Kier alpha value is -1.74. The lowest BCUT2D eigenvalue weighted by Crippen LogP contribution is -2.27. The Balaban J connectivity index is 1.92. The van der Waals surface area contributed by atoms with Crippen molar-refractivity contribution in [2.45, 2.75) is 51.0 Å². The van der Waals surface area contributed by atoms with Crippen molar-refractivity contribution in [2.75, 3.05) is 0 Å². The lowest BCUT2D eigenvalue weighted by molar-refractivity contribution is 0.419. The largest absolute Gasteiger partial charge is 0.507 e. The second-order valence-electron chi connectivity index (χ2n) is 6.34. The Morgan fingerprint density at radius 3 is 2.35 bits per heavy atom. The normalized spacial score (nSPS) is 16.2. The smallest absolute Gasteiger partial charge is 0.258 e. The van der Waals surface area contributed by atoms with E-state index in [-0.39, 0.29) is 17.4 Å². The van der Waals surface area contributed by atoms with E-state index in [2.05, 4.69) is 0 Å². The molecule has 2 aromatic rings. The molecule has 0 amide bonds. The fourth-order valence-corrected chi connectivity index (χ4v) is 3.51. The van der Waals surface area contributed by atoms with Gasteiger partial charge < -0.3 is 9.67 Å². The number of hydrogen-bond donors (Lipinski definition) is 1. The molecule has 0 aliphatic heterocycles. The summed E-state index contributed by atoms with van der Waals surface area (Å²) in [4.78, 5) is 12.8. The molecule has 3 rings (SSSR count). The van der Waals surface area contributed by atoms with E-state index in [1.54, 1.807) is 24.4 Å². The molecule has 1 heterocycles. The van der Waals surface area contributed by atoms with Crippen molar-refractivity contribution in [2.24, 2.45) is 0 Å². The molecule has 0 bridgehead atoms. The molecule has 1 aromatic heterocycles. The standard InChI is InChI=1S/C19H22ClNO2/c20-15-9-7-14(8-10-15)13-17-18(22)11-12-21(19(17)23)16-5-3-1-2-4-6-16/h7-12,16,22H,1-6,13H2. The molecule has 122 valence electrons. The first-order valence-electron chi connectivity index (χ1n) is 8.32. The number of rotatable bonds is 3. The fourth-order valence-electron chi connectivity index (χ4n) is 3.38. The third-order valence-corrected chi connectivity index (χ3v) is 4.96. The molecule has 0 saturated heterocycles. The van der Waals surface area contributed by atoms with Crippen molar-refractivity contribution in [3.8, 4) is 5.75 Å². The van der Waals surface area contributed by atoms with Gasteiger partial charge in [-0.3, -0.25) is 4.79 Å². The third-order valence-electron chi connectivity index (χ3n) is 4.71. The SMILES string of the molecule is O=c1c(Cc2ccc(Cl)cc2)c(O)ccn1C1CCCCCC1. The fraction of sp³-hybridized carbons (Fsp3) is 0.421. The number of halogens is 1. The van der Waals surface area contributed by atoms with Crippen LogP contribution in [-0.4, -0.2) is 9.67 Å². The van der Waals surface area contributed by atoms with Gasteiger partial charge in [-0.05, 0) is 36.6 Å². The van der Waals surface area contributed by atoms with Crippen molar-refractivity contribution in [3.05, 3.63) is 63.0 Å². The van der Waals surface area contributed by atoms with Crippen LogP contribution in [0, 0.1) is 0 Å². The molecule has 1 N–H and O–H groups in total. The highest BCUT2D eigenvalue weighted by Gasteiger charge is 2.18. The molecule has 1 aliphatic rings. The van der Waals surface area contributed by atoms with Crippen LogP contribution in [-0.2, 0) is 6.42 Å². The molecule has 3 nitrogen and oxygen atoms in total. The number of benzene rings is 1. The predicted octanol–water partition coefficient (Wildman–Crippen LogP) is 4.69. The Labute approximate surface area is 141 Å². The molecule has 1 fully saturated rings. The van der Waals surface area contributed by atoms with Crippen LogP contribution in [0.4, 0.5) is 0 Å². The van der Waals surface area contributed by atoms with Crippen molar-refractivity contribution < 1.29 is 5.11 Å². The van der Waals surface area contributed by atoms with Crippen molar-refractivity contribution in [1.29, 1.82) is 0 Å². The Bertz CT molecular complexity index is 713. The minimum absolute atomic E-state index is 0.0631. The van der Waals surface area contributed by atoms with E-state index < -0.39 is 0 Å². The topological polar surface area (TPSA) is 42.2 Å². The molecule has 4 heteroatoms. The summed E-state index contributed by atoms with van der Waals surface area (Å²) in [6, 6.07) is 9.31. The maximum atomic E-state index is 12.8. The first kappa shape index (κ1) is 16.1. The van der Waals surface area contributed by atoms with Gasteiger partial charge in [0, 0.05) is 23.7 Å². The first-order chi connectivity index (χ1) is 11.1. The number of nitrogens with zero attached hydrogens (tertiary/aromatic N) is 1. The monoisotopic (exact) mass is 331 g/mol. The van der Waals surface area contributed by atoms with Crippen molar-refractivity contribution in [3.63, 3.8) is 0 Å². The van der Waals surface area contributed by atoms with Gasteiger partial charge in [0.05, 0.1) is 5.56 Å². The zero-order chi connectivity index (χ0) is 16.2. The van der Waals surface area contributed by atoms with Crippen LogP contribution in [0.15, 0.2) is 41.3 Å². The molecule has 0 radical (unpaired) electrons. The van der Waals surface area contributed by atoms with E-state index in [9.17, 15) is 9.90 Å². The van der Waals surface area contributed by atoms with Crippen LogP contribution < -0.4 is 5.56 Å². The molecule has 0 atom stereocenters. The van der Waals surface area contributed by atoms with E-state index >= 15 is 0 Å². The molecule has 0 spiro atoms. The summed E-state index contributed by atoms with van der Waals surface area (Å²) in [6.07, 6.45) is 9.11. The van der Waals surface area contributed by atoms with E-state index in [1.165, 1.54) is 25.7 Å². The van der Waals surface area contributed by atoms with Gasteiger partial charge in [0.2, 0.25) is 0 Å². The zero-order valence-electron chi connectivity index (χ0n) is 13.2. The van der Waals surface area contributed by atoms with E-state index in [0.717, 1.165) is 18.4 Å². The Morgan fingerprint density at radius 1 is 1.04 bits per heavy atom. The minimum atomic E-state index is -0.0631. The third kappa shape index (κ3) is 3.78. The summed E-state index contributed by atoms with van der Waals surface area (Å²) in [5.41, 5.74) is 1.38. The summed E-state index contributed by atoms with van der Waals surface area (Å²) >= 11 is 5.90. The average Bonchev–Trinajstić information content (AvgIpc) is 2.82. The summed E-state index contributed by atoms with van der Waals surface area (Å²) in [5.74, 6) is 0.0785. The predicted molar refractivity (Wildman–Crippen MR) is 93.4 cm³/mol. The molecule has 1 aromatic carbocycles. The first-order valence-corrected chi connectivity index (χ1v) is 8.70. The van der Waals surface area contributed by atoms with Gasteiger partial charge in [-0.1, -0.05) is 49.4 Å². The summed E-state index contributed by atoms with van der Waals surface area (Å²) in [6.45, 7) is 0. The molecule has 23 heavy (non-hydrogen) atoms. The van der Waals surface area contributed by atoms with Crippen molar-refractivity contribution in [1.82, 2.24) is 4.57 Å². The van der Waals surface area contributed by atoms with Gasteiger partial charge in [-0.2, -0.15) is 0 Å². The lowest BCUT2D eigenvalue weighted by atomic mass is 10.0. The van der Waals surface area contributed by atoms with Crippen LogP contribution in [0.2, 0.25) is 5.02 Å². The molecule has 1 saturated carbocycles. The van der Waals surface area contributed by atoms with Gasteiger partial charge in [-0.25, -0.2) is 0 Å². The second kappa shape index (κ2) is 7.22. The second-order valence-corrected chi connectivity index (χ2v) is 6.78. The van der Waals surface area contributed by atoms with E-state index in [4.69, 9.17) is 11.6 Å². The van der Waals surface area contributed by atoms with E-state index in [1.807, 2.05) is 16.7 Å². The maximum absolute atomic E-state index is 12.8. The van der Waals surface area contributed by atoms with Crippen molar-refractivity contribution >= 4 is 11.6 Å². The van der Waals surface area contributed by atoms with Crippen LogP contribution in [0.3, 0.4) is 0 Å². The Kier molecular flexibility index (Phi) is 5.06. The van der Waals surface area contributed by atoms with Gasteiger partial charge in [0.15, 0.2) is 0 Å². The van der Waals surface area contributed by atoms with Crippen LogP contribution in [0.5, 0.6) is 5.75 Å². The molecule has 1 aliphatic carbocycles. The van der Waals surface area contributed by atoms with Gasteiger partial charge in [-0.15, -0.1) is 0 Å². The van der Waals surface area contributed by atoms with Crippen LogP contribution in [0.25, 0.3) is 0 Å². The summed E-state index contributed by atoms with van der Waals surface area (Å²) < 4.78 is 1.83. The Morgan fingerprint density at radius 2 is 1.70 bits per heavy atom. The highest BCUT2D eigenvalue weighted by Crippen LogP contribution is 2.27. The number of aromatic nitrogens is 1. The van der Waals surface area contributed by atoms with Gasteiger partial charge >= 0.3 is 0 Å². The summed E-state index contributed by atoms with van der Waals surface area (Å²) in [5, 5.41) is 10.8. The maximum Gasteiger partial charge on any atom is 0.258 e. The highest BCUT2D eigenvalue weighted by atomic mass is 35.5. The number of pyridine rings is 1. The van der Waals surface area contributed by atoms with Crippen LogP contribution in [0.1, 0.15) is 55.7 Å². The summed E-state index contributed by atoms with van der Waals surface area (Å²) in [7, 11) is 0. The quantitative estimate of drug-likeness (QED) is 0.829. The van der Waals surface area contributed by atoms with Crippen LogP contribution >= 0.6 is 11.6 Å². The molecule has 0 unspecified atom stereocenters. The lowest BCUT2D eigenvalue weighted by Gasteiger charge is -2.19. The molecular formula is C19H22ClNO2. The average molecular weight is 332 g/mol.